The van der Waals surface area contributed by atoms with Crippen LogP contribution in [0.3, 0.4) is 0 Å². The lowest BCUT2D eigenvalue weighted by molar-refractivity contribution is 0.172. The van der Waals surface area contributed by atoms with Gasteiger partial charge in [-0.25, -0.2) is 4.79 Å². The first-order chi connectivity index (χ1) is 11.6. The molecular weight excluding hydrogens is 304 g/mol. The van der Waals surface area contributed by atoms with Crippen LogP contribution in [0, 0.1) is 6.92 Å². The van der Waals surface area contributed by atoms with Gasteiger partial charge in [0.15, 0.2) is 0 Å². The second-order valence-corrected chi connectivity index (χ2v) is 5.57. The molecule has 128 valence electrons. The quantitative estimate of drug-likeness (QED) is 0.731. The van der Waals surface area contributed by atoms with E-state index in [4.69, 9.17) is 4.74 Å². The molecule has 0 saturated heterocycles. The Morgan fingerprint density at radius 2 is 1.83 bits per heavy atom. The molecule has 1 unspecified atom stereocenters. The number of aliphatic hydroxyl groups excluding tert-OH is 1. The predicted molar refractivity (Wildman–Crippen MR) is 94.2 cm³/mol. The standard InChI is InChI=1S/C19H24N2O3/c1-14-7-3-5-9-16(14)17(22)13-21-19(23)20-12-11-15-8-4-6-10-18(15)24-2/h3-10,17,22H,11-13H2,1-2H3,(H2,20,21,23). The van der Waals surface area contributed by atoms with Crippen LogP contribution in [0.15, 0.2) is 48.5 Å². The Hall–Kier alpha value is -2.53. The summed E-state index contributed by atoms with van der Waals surface area (Å²) in [5.41, 5.74) is 2.87. The molecule has 2 rings (SSSR count). The number of carbonyl (C=O) groups excluding carboxylic acids is 1. The summed E-state index contributed by atoms with van der Waals surface area (Å²) in [4.78, 5) is 11.8. The Labute approximate surface area is 142 Å². The number of aliphatic hydroxyl groups is 1. The third-order valence-corrected chi connectivity index (χ3v) is 3.88. The Kier molecular flexibility index (Phi) is 6.63. The van der Waals surface area contributed by atoms with E-state index in [1.165, 1.54) is 0 Å². The average Bonchev–Trinajstić information content (AvgIpc) is 2.60. The van der Waals surface area contributed by atoms with E-state index in [0.29, 0.717) is 13.0 Å². The van der Waals surface area contributed by atoms with E-state index in [1.54, 1.807) is 7.11 Å². The van der Waals surface area contributed by atoms with Gasteiger partial charge in [0.25, 0.3) is 0 Å². The van der Waals surface area contributed by atoms with Gasteiger partial charge >= 0.3 is 6.03 Å². The van der Waals surface area contributed by atoms with Gasteiger partial charge in [-0.1, -0.05) is 42.5 Å². The van der Waals surface area contributed by atoms with Crippen LogP contribution in [0.1, 0.15) is 22.8 Å². The predicted octanol–water partition coefficient (Wildman–Crippen LogP) is 2.58. The van der Waals surface area contributed by atoms with Gasteiger partial charge in [0.05, 0.1) is 13.2 Å². The topological polar surface area (TPSA) is 70.6 Å². The second kappa shape index (κ2) is 8.93. The van der Waals surface area contributed by atoms with Crippen LogP contribution in [0.25, 0.3) is 0 Å². The summed E-state index contributed by atoms with van der Waals surface area (Å²) in [5, 5.41) is 15.6. The van der Waals surface area contributed by atoms with Crippen molar-refractivity contribution in [3.05, 3.63) is 65.2 Å². The molecule has 0 aliphatic rings. The molecule has 2 aromatic rings. The van der Waals surface area contributed by atoms with Crippen molar-refractivity contribution in [2.45, 2.75) is 19.4 Å². The van der Waals surface area contributed by atoms with Crippen molar-refractivity contribution in [2.75, 3.05) is 20.2 Å². The first kappa shape index (κ1) is 17.8. The van der Waals surface area contributed by atoms with E-state index < -0.39 is 6.10 Å². The average molecular weight is 328 g/mol. The maximum atomic E-state index is 11.8. The monoisotopic (exact) mass is 328 g/mol. The van der Waals surface area contributed by atoms with Gasteiger partial charge in [0.2, 0.25) is 0 Å². The molecule has 0 spiro atoms. The molecule has 2 amide bonds. The smallest absolute Gasteiger partial charge is 0.314 e. The molecule has 0 bridgehead atoms. The van der Waals surface area contributed by atoms with E-state index >= 15 is 0 Å². The van der Waals surface area contributed by atoms with E-state index in [2.05, 4.69) is 10.6 Å². The molecule has 0 aliphatic carbocycles. The molecule has 3 N–H and O–H groups in total. The third-order valence-electron chi connectivity index (χ3n) is 3.88. The van der Waals surface area contributed by atoms with E-state index in [1.807, 2.05) is 55.5 Å². The lowest BCUT2D eigenvalue weighted by Gasteiger charge is -2.15. The fourth-order valence-corrected chi connectivity index (χ4v) is 2.54. The number of carbonyl (C=O) groups is 1. The Bertz CT molecular complexity index is 673. The minimum Gasteiger partial charge on any atom is -0.496 e. The highest BCUT2D eigenvalue weighted by atomic mass is 16.5. The van der Waals surface area contributed by atoms with Crippen LogP contribution in [0.5, 0.6) is 5.75 Å². The summed E-state index contributed by atoms with van der Waals surface area (Å²) in [6, 6.07) is 15.0. The van der Waals surface area contributed by atoms with Gasteiger partial charge in [-0.3, -0.25) is 0 Å². The number of ether oxygens (including phenoxy) is 1. The fourth-order valence-electron chi connectivity index (χ4n) is 2.54. The molecule has 0 radical (unpaired) electrons. The summed E-state index contributed by atoms with van der Waals surface area (Å²) in [7, 11) is 1.63. The van der Waals surface area contributed by atoms with Gasteiger partial charge < -0.3 is 20.5 Å². The van der Waals surface area contributed by atoms with Crippen molar-refractivity contribution in [3.8, 4) is 5.75 Å². The van der Waals surface area contributed by atoms with Gasteiger partial charge in [0.1, 0.15) is 5.75 Å². The van der Waals surface area contributed by atoms with Crippen LogP contribution < -0.4 is 15.4 Å². The highest BCUT2D eigenvalue weighted by molar-refractivity contribution is 5.73. The van der Waals surface area contributed by atoms with Gasteiger partial charge in [-0.2, -0.15) is 0 Å². The molecule has 0 fully saturated rings. The molecule has 5 heteroatoms. The number of para-hydroxylation sites is 1. The zero-order chi connectivity index (χ0) is 17.4. The third kappa shape index (κ3) is 4.99. The van der Waals surface area contributed by atoms with Gasteiger partial charge in [-0.05, 0) is 36.1 Å². The highest BCUT2D eigenvalue weighted by Crippen LogP contribution is 2.17. The summed E-state index contributed by atoms with van der Waals surface area (Å²) in [5.74, 6) is 0.815. The Morgan fingerprint density at radius 1 is 1.12 bits per heavy atom. The van der Waals surface area contributed by atoms with Crippen LogP contribution in [0.4, 0.5) is 4.79 Å². The number of benzene rings is 2. The molecule has 2 aromatic carbocycles. The summed E-state index contributed by atoms with van der Waals surface area (Å²) in [6.07, 6.45) is -0.0382. The van der Waals surface area contributed by atoms with Crippen molar-refractivity contribution in [3.63, 3.8) is 0 Å². The second-order valence-electron chi connectivity index (χ2n) is 5.57. The first-order valence-electron chi connectivity index (χ1n) is 7.99. The largest absolute Gasteiger partial charge is 0.496 e. The van der Waals surface area contributed by atoms with E-state index in [9.17, 15) is 9.90 Å². The Morgan fingerprint density at radius 3 is 2.58 bits per heavy atom. The lowest BCUT2D eigenvalue weighted by Crippen LogP contribution is -2.38. The molecule has 1 atom stereocenters. The van der Waals surface area contributed by atoms with Crippen LogP contribution in [0.2, 0.25) is 0 Å². The maximum Gasteiger partial charge on any atom is 0.314 e. The Balaban J connectivity index is 1.75. The number of amides is 2. The van der Waals surface area contributed by atoms with Crippen LogP contribution in [-0.4, -0.2) is 31.3 Å². The number of hydrogen-bond acceptors (Lipinski definition) is 3. The molecule has 5 nitrogen and oxygen atoms in total. The summed E-state index contributed by atoms with van der Waals surface area (Å²) < 4.78 is 5.28. The van der Waals surface area contributed by atoms with Crippen molar-refractivity contribution in [1.29, 1.82) is 0 Å². The minimum atomic E-state index is -0.717. The molecule has 0 aliphatic heterocycles. The summed E-state index contributed by atoms with van der Waals surface area (Å²) in [6.45, 7) is 2.60. The number of hydrogen-bond donors (Lipinski definition) is 3. The van der Waals surface area contributed by atoms with Crippen molar-refractivity contribution < 1.29 is 14.6 Å². The van der Waals surface area contributed by atoms with Crippen LogP contribution in [-0.2, 0) is 6.42 Å². The van der Waals surface area contributed by atoms with Gasteiger partial charge in [-0.15, -0.1) is 0 Å². The SMILES string of the molecule is COc1ccccc1CCNC(=O)NCC(O)c1ccccc1C. The molecule has 0 aromatic heterocycles. The zero-order valence-electron chi connectivity index (χ0n) is 14.1. The van der Waals surface area contributed by atoms with Crippen molar-refractivity contribution >= 4 is 6.03 Å². The minimum absolute atomic E-state index is 0.172. The molecule has 0 saturated carbocycles. The fraction of sp³-hybridized carbons (Fsp3) is 0.316. The number of rotatable bonds is 7. The summed E-state index contributed by atoms with van der Waals surface area (Å²) >= 11 is 0. The zero-order valence-corrected chi connectivity index (χ0v) is 14.1. The first-order valence-corrected chi connectivity index (χ1v) is 7.99. The van der Waals surface area contributed by atoms with E-state index in [0.717, 1.165) is 22.4 Å². The number of nitrogens with one attached hydrogen (secondary N) is 2. The highest BCUT2D eigenvalue weighted by Gasteiger charge is 2.11. The number of aryl methyl sites for hydroxylation is 1. The van der Waals surface area contributed by atoms with Gasteiger partial charge in [0, 0.05) is 13.1 Å². The number of urea groups is 1. The van der Waals surface area contributed by atoms with Crippen LogP contribution >= 0.6 is 0 Å². The molecular formula is C19H24N2O3. The van der Waals surface area contributed by atoms with Crippen molar-refractivity contribution in [2.24, 2.45) is 0 Å². The van der Waals surface area contributed by atoms with E-state index in [-0.39, 0.29) is 12.6 Å². The normalized spacial score (nSPS) is 11.6. The molecule has 24 heavy (non-hydrogen) atoms. The lowest BCUT2D eigenvalue weighted by atomic mass is 10.0. The number of methoxy groups -OCH3 is 1. The maximum absolute atomic E-state index is 11.8. The molecule has 0 heterocycles. The van der Waals surface area contributed by atoms with Crippen molar-refractivity contribution in [1.82, 2.24) is 10.6 Å².